The molecule has 1 saturated carbocycles. The molecule has 1 aliphatic carbocycles. The van der Waals surface area contributed by atoms with E-state index in [-0.39, 0.29) is 11.6 Å². The van der Waals surface area contributed by atoms with E-state index in [1.807, 2.05) is 18.2 Å². The Labute approximate surface area is 124 Å². The van der Waals surface area contributed by atoms with Gasteiger partial charge in [0, 0.05) is 12.0 Å². The zero-order chi connectivity index (χ0) is 14.3. The molecule has 2 heterocycles. The fraction of sp³-hybridized carbons (Fsp3) is 0.529. The number of fused-ring (bicyclic) bond motifs is 1. The number of para-hydroxylation sites is 1. The summed E-state index contributed by atoms with van der Waals surface area (Å²) >= 11 is 0. The van der Waals surface area contributed by atoms with Crippen LogP contribution in [0.4, 0.5) is 0 Å². The van der Waals surface area contributed by atoms with Gasteiger partial charge in [-0.2, -0.15) is 0 Å². The summed E-state index contributed by atoms with van der Waals surface area (Å²) in [6, 6.07) is 10.3. The van der Waals surface area contributed by atoms with Gasteiger partial charge in [0.15, 0.2) is 0 Å². The number of rotatable bonds is 3. The van der Waals surface area contributed by atoms with Gasteiger partial charge in [-0.15, -0.1) is 0 Å². The molecular formula is C17H22N2O2. The molecule has 0 bridgehead atoms. The minimum Gasteiger partial charge on any atom is -0.459 e. The second kappa shape index (κ2) is 5.13. The van der Waals surface area contributed by atoms with E-state index in [4.69, 9.17) is 15.0 Å². The summed E-state index contributed by atoms with van der Waals surface area (Å²) in [6.07, 6.45) is 5.80. The van der Waals surface area contributed by atoms with Crippen LogP contribution in [0.15, 0.2) is 34.7 Å². The number of furan rings is 1. The van der Waals surface area contributed by atoms with Gasteiger partial charge in [0.1, 0.15) is 11.3 Å². The SMILES string of the molecule is NNC(c1cc2ccccc2o1)C1CCOC2(CCC2)C1. The Morgan fingerprint density at radius 3 is 2.86 bits per heavy atom. The first-order valence-electron chi connectivity index (χ1n) is 7.88. The molecule has 2 aliphatic rings. The fourth-order valence-corrected chi connectivity index (χ4v) is 3.88. The van der Waals surface area contributed by atoms with Gasteiger partial charge in [0.25, 0.3) is 0 Å². The smallest absolute Gasteiger partial charge is 0.134 e. The van der Waals surface area contributed by atoms with E-state index in [0.717, 1.165) is 36.2 Å². The number of benzene rings is 1. The maximum atomic E-state index is 6.02. The monoisotopic (exact) mass is 286 g/mol. The number of nitrogens with two attached hydrogens (primary N) is 1. The summed E-state index contributed by atoms with van der Waals surface area (Å²) in [4.78, 5) is 0. The number of hydrogen-bond acceptors (Lipinski definition) is 4. The van der Waals surface area contributed by atoms with Crippen LogP contribution in [-0.2, 0) is 4.74 Å². The van der Waals surface area contributed by atoms with Gasteiger partial charge < -0.3 is 9.15 Å². The Hall–Kier alpha value is -1.36. The van der Waals surface area contributed by atoms with E-state index in [0.29, 0.717) is 5.92 Å². The van der Waals surface area contributed by atoms with Crippen molar-refractivity contribution in [3.8, 4) is 0 Å². The van der Waals surface area contributed by atoms with E-state index in [1.165, 1.54) is 19.3 Å². The summed E-state index contributed by atoms with van der Waals surface area (Å²) in [5.41, 5.74) is 4.04. The van der Waals surface area contributed by atoms with E-state index in [1.54, 1.807) is 0 Å². The van der Waals surface area contributed by atoms with Crippen LogP contribution in [0, 0.1) is 5.92 Å². The van der Waals surface area contributed by atoms with E-state index in [2.05, 4.69) is 17.6 Å². The van der Waals surface area contributed by atoms with Crippen molar-refractivity contribution >= 4 is 11.0 Å². The molecule has 0 amide bonds. The molecule has 2 aromatic rings. The molecule has 2 unspecified atom stereocenters. The van der Waals surface area contributed by atoms with Crippen LogP contribution in [-0.4, -0.2) is 12.2 Å². The lowest BCUT2D eigenvalue weighted by atomic mass is 9.70. The van der Waals surface area contributed by atoms with E-state index in [9.17, 15) is 0 Å². The highest BCUT2D eigenvalue weighted by Crippen LogP contribution is 2.47. The minimum atomic E-state index is 0.0683. The predicted molar refractivity (Wildman–Crippen MR) is 81.5 cm³/mol. The Kier molecular flexibility index (Phi) is 3.25. The largest absolute Gasteiger partial charge is 0.459 e. The number of hydrogen-bond donors (Lipinski definition) is 2. The van der Waals surface area contributed by atoms with Gasteiger partial charge >= 0.3 is 0 Å². The Bertz CT molecular complexity index is 600. The van der Waals surface area contributed by atoms with E-state index < -0.39 is 0 Å². The first-order chi connectivity index (χ1) is 10.3. The topological polar surface area (TPSA) is 60.4 Å². The number of hydrazine groups is 1. The van der Waals surface area contributed by atoms with Gasteiger partial charge in [-0.25, -0.2) is 5.43 Å². The molecule has 4 nitrogen and oxygen atoms in total. The summed E-state index contributed by atoms with van der Waals surface area (Å²) < 4.78 is 12.0. The van der Waals surface area contributed by atoms with Crippen molar-refractivity contribution < 1.29 is 9.15 Å². The zero-order valence-electron chi connectivity index (χ0n) is 12.2. The highest BCUT2D eigenvalue weighted by Gasteiger charge is 2.44. The van der Waals surface area contributed by atoms with Crippen LogP contribution >= 0.6 is 0 Å². The summed E-state index contributed by atoms with van der Waals surface area (Å²) in [7, 11) is 0. The molecule has 1 aromatic heterocycles. The molecule has 2 fully saturated rings. The molecule has 1 aromatic carbocycles. The quantitative estimate of drug-likeness (QED) is 0.671. The fourth-order valence-electron chi connectivity index (χ4n) is 3.88. The molecule has 2 atom stereocenters. The standard InChI is InChI=1S/C17H22N2O2/c18-19-16(13-6-9-20-17(11-13)7-3-8-17)15-10-12-4-1-2-5-14(12)21-15/h1-2,4-5,10,13,16,19H,3,6-9,11,18H2. The van der Waals surface area contributed by atoms with Crippen LogP contribution < -0.4 is 11.3 Å². The van der Waals surface area contributed by atoms with Crippen molar-refractivity contribution in [2.24, 2.45) is 11.8 Å². The zero-order valence-corrected chi connectivity index (χ0v) is 12.2. The lowest BCUT2D eigenvalue weighted by Gasteiger charge is -2.48. The highest BCUT2D eigenvalue weighted by molar-refractivity contribution is 5.77. The number of ether oxygens (including phenoxy) is 1. The second-order valence-corrected chi connectivity index (χ2v) is 6.47. The molecule has 0 radical (unpaired) electrons. The first kappa shape index (κ1) is 13.3. The van der Waals surface area contributed by atoms with Gasteiger partial charge in [-0.3, -0.25) is 5.84 Å². The maximum Gasteiger partial charge on any atom is 0.134 e. The maximum absolute atomic E-state index is 6.02. The van der Waals surface area contributed by atoms with Crippen molar-refractivity contribution in [1.82, 2.24) is 5.43 Å². The van der Waals surface area contributed by atoms with Gasteiger partial charge in [-0.05, 0) is 50.2 Å². The molecule has 21 heavy (non-hydrogen) atoms. The van der Waals surface area contributed by atoms with Crippen molar-refractivity contribution in [3.63, 3.8) is 0 Å². The van der Waals surface area contributed by atoms with Crippen molar-refractivity contribution in [3.05, 3.63) is 36.1 Å². The molecule has 1 spiro atoms. The average molecular weight is 286 g/mol. The average Bonchev–Trinajstić information content (AvgIpc) is 2.90. The van der Waals surface area contributed by atoms with Gasteiger partial charge in [-0.1, -0.05) is 18.2 Å². The van der Waals surface area contributed by atoms with Crippen molar-refractivity contribution in [2.75, 3.05) is 6.61 Å². The molecule has 4 heteroatoms. The molecule has 3 N–H and O–H groups in total. The van der Waals surface area contributed by atoms with Gasteiger partial charge in [0.2, 0.25) is 0 Å². The highest BCUT2D eigenvalue weighted by atomic mass is 16.5. The van der Waals surface area contributed by atoms with Crippen LogP contribution in [0.1, 0.15) is 43.9 Å². The van der Waals surface area contributed by atoms with Crippen molar-refractivity contribution in [2.45, 2.75) is 43.7 Å². The molecule has 4 rings (SSSR count). The Morgan fingerprint density at radius 1 is 1.29 bits per heavy atom. The van der Waals surface area contributed by atoms with Crippen LogP contribution in [0.5, 0.6) is 0 Å². The third kappa shape index (κ3) is 2.27. The normalized spacial score (nSPS) is 25.9. The summed E-state index contributed by atoms with van der Waals surface area (Å²) in [5.74, 6) is 7.28. The number of nitrogens with one attached hydrogen (secondary N) is 1. The lowest BCUT2D eigenvalue weighted by Crippen LogP contribution is -2.48. The third-order valence-electron chi connectivity index (χ3n) is 5.20. The lowest BCUT2D eigenvalue weighted by molar-refractivity contribution is -0.148. The third-order valence-corrected chi connectivity index (χ3v) is 5.20. The molecular weight excluding hydrogens is 264 g/mol. The molecule has 1 saturated heterocycles. The van der Waals surface area contributed by atoms with Crippen LogP contribution in [0.2, 0.25) is 0 Å². The molecule has 112 valence electrons. The van der Waals surface area contributed by atoms with Crippen LogP contribution in [0.3, 0.4) is 0 Å². The predicted octanol–water partition coefficient (Wildman–Crippen LogP) is 3.29. The molecule has 1 aliphatic heterocycles. The van der Waals surface area contributed by atoms with Gasteiger partial charge in [0.05, 0.1) is 11.6 Å². The van der Waals surface area contributed by atoms with E-state index >= 15 is 0 Å². The first-order valence-corrected chi connectivity index (χ1v) is 7.88. The Morgan fingerprint density at radius 2 is 2.14 bits per heavy atom. The second-order valence-electron chi connectivity index (χ2n) is 6.47. The van der Waals surface area contributed by atoms with Crippen molar-refractivity contribution in [1.29, 1.82) is 0 Å². The van der Waals surface area contributed by atoms with Crippen LogP contribution in [0.25, 0.3) is 11.0 Å². The summed E-state index contributed by atoms with van der Waals surface area (Å²) in [6.45, 7) is 0.836. The Balaban J connectivity index is 1.61. The summed E-state index contributed by atoms with van der Waals surface area (Å²) in [5, 5.41) is 1.14. The minimum absolute atomic E-state index is 0.0683.